The lowest BCUT2D eigenvalue weighted by atomic mass is 10.1. The summed E-state index contributed by atoms with van der Waals surface area (Å²) >= 11 is 5.96. The lowest BCUT2D eigenvalue weighted by Gasteiger charge is -2.06. The molecule has 0 bridgehead atoms. The Morgan fingerprint density at radius 2 is 2.25 bits per heavy atom. The van der Waals surface area contributed by atoms with E-state index in [9.17, 15) is 4.79 Å². The number of rotatable bonds is 5. The van der Waals surface area contributed by atoms with E-state index in [0.29, 0.717) is 23.7 Å². The van der Waals surface area contributed by atoms with Crippen molar-refractivity contribution in [3.63, 3.8) is 0 Å². The van der Waals surface area contributed by atoms with Crippen LogP contribution in [0.1, 0.15) is 18.9 Å². The lowest BCUT2D eigenvalue weighted by Crippen LogP contribution is -2.25. The van der Waals surface area contributed by atoms with E-state index < -0.39 is 0 Å². The van der Waals surface area contributed by atoms with Gasteiger partial charge in [-0.25, -0.2) is 0 Å². The monoisotopic (exact) mass is 241 g/mol. The smallest absolute Gasteiger partial charge is 0.224 e. The van der Waals surface area contributed by atoms with Gasteiger partial charge in [-0.3, -0.25) is 4.79 Å². The molecule has 1 aromatic carbocycles. The number of nitrogens with one attached hydrogen (secondary N) is 1. The predicted molar refractivity (Wildman–Crippen MR) is 65.0 cm³/mol. The summed E-state index contributed by atoms with van der Waals surface area (Å²) in [5, 5.41) is 3.35. The molecule has 0 radical (unpaired) electrons. The Kier molecular flexibility index (Phi) is 5.12. The second kappa shape index (κ2) is 6.38. The zero-order valence-corrected chi connectivity index (χ0v) is 10.3. The van der Waals surface area contributed by atoms with E-state index in [0.717, 1.165) is 12.0 Å². The Bertz CT molecular complexity index is 366. The number of ether oxygens (including phenoxy) is 1. The van der Waals surface area contributed by atoms with Crippen molar-refractivity contribution in [1.29, 1.82) is 0 Å². The Hall–Kier alpha value is -1.22. The maximum absolute atomic E-state index is 11.5. The van der Waals surface area contributed by atoms with Crippen molar-refractivity contribution < 1.29 is 9.53 Å². The molecule has 4 heteroatoms. The minimum Gasteiger partial charge on any atom is -0.495 e. The lowest BCUT2D eigenvalue weighted by molar-refractivity contribution is -0.120. The summed E-state index contributed by atoms with van der Waals surface area (Å²) in [6.45, 7) is 2.73. The molecule has 1 rings (SSSR count). The van der Waals surface area contributed by atoms with Gasteiger partial charge < -0.3 is 10.1 Å². The van der Waals surface area contributed by atoms with Crippen LogP contribution in [0.2, 0.25) is 5.02 Å². The molecule has 0 aromatic heterocycles. The van der Waals surface area contributed by atoms with Crippen molar-refractivity contribution in [1.82, 2.24) is 5.32 Å². The fourth-order valence-corrected chi connectivity index (χ4v) is 1.61. The van der Waals surface area contributed by atoms with Crippen LogP contribution < -0.4 is 10.1 Å². The van der Waals surface area contributed by atoms with Crippen molar-refractivity contribution in [2.24, 2.45) is 0 Å². The SMILES string of the molecule is CCCNC(=O)Cc1ccc(OC)c(Cl)c1. The number of hydrogen-bond acceptors (Lipinski definition) is 2. The second-order valence-electron chi connectivity index (χ2n) is 3.50. The highest BCUT2D eigenvalue weighted by Crippen LogP contribution is 2.24. The van der Waals surface area contributed by atoms with Gasteiger partial charge in [0.05, 0.1) is 18.6 Å². The summed E-state index contributed by atoms with van der Waals surface area (Å²) < 4.78 is 5.04. The fraction of sp³-hybridized carbons (Fsp3) is 0.417. The van der Waals surface area contributed by atoms with Crippen molar-refractivity contribution >= 4 is 17.5 Å². The largest absolute Gasteiger partial charge is 0.495 e. The number of benzene rings is 1. The number of hydrogen-bond donors (Lipinski definition) is 1. The number of halogens is 1. The van der Waals surface area contributed by atoms with Gasteiger partial charge in [-0.05, 0) is 24.1 Å². The van der Waals surface area contributed by atoms with E-state index >= 15 is 0 Å². The minimum absolute atomic E-state index is 0.0167. The van der Waals surface area contributed by atoms with E-state index in [-0.39, 0.29) is 5.91 Å². The van der Waals surface area contributed by atoms with Crippen LogP contribution in [0.4, 0.5) is 0 Å². The van der Waals surface area contributed by atoms with Gasteiger partial charge in [-0.2, -0.15) is 0 Å². The molecule has 0 spiro atoms. The van der Waals surface area contributed by atoms with Gasteiger partial charge >= 0.3 is 0 Å². The summed E-state index contributed by atoms with van der Waals surface area (Å²) in [4.78, 5) is 11.5. The first-order valence-electron chi connectivity index (χ1n) is 5.26. The highest BCUT2D eigenvalue weighted by atomic mass is 35.5. The Labute approximate surface area is 101 Å². The molecule has 0 aliphatic carbocycles. The molecular formula is C12H16ClNO2. The fourth-order valence-electron chi connectivity index (χ4n) is 1.33. The van der Waals surface area contributed by atoms with Gasteiger partial charge in [0, 0.05) is 6.54 Å². The molecule has 0 saturated heterocycles. The number of carbonyl (C=O) groups excluding carboxylic acids is 1. The highest BCUT2D eigenvalue weighted by Gasteiger charge is 2.05. The number of amides is 1. The second-order valence-corrected chi connectivity index (χ2v) is 3.90. The van der Waals surface area contributed by atoms with E-state index in [1.54, 1.807) is 19.2 Å². The van der Waals surface area contributed by atoms with Gasteiger partial charge in [-0.15, -0.1) is 0 Å². The standard InChI is InChI=1S/C12H16ClNO2/c1-3-6-14-12(15)8-9-4-5-11(16-2)10(13)7-9/h4-5,7H,3,6,8H2,1-2H3,(H,14,15). The summed E-state index contributed by atoms with van der Waals surface area (Å²) in [7, 11) is 1.56. The third kappa shape index (κ3) is 3.74. The van der Waals surface area contributed by atoms with Gasteiger partial charge in [0.15, 0.2) is 0 Å². The molecule has 0 unspecified atom stereocenters. The maximum atomic E-state index is 11.5. The van der Waals surface area contributed by atoms with Crippen LogP contribution in [0.15, 0.2) is 18.2 Å². The van der Waals surface area contributed by atoms with Crippen LogP contribution in [0, 0.1) is 0 Å². The predicted octanol–water partition coefficient (Wildman–Crippen LogP) is 2.42. The molecule has 16 heavy (non-hydrogen) atoms. The van der Waals surface area contributed by atoms with Crippen molar-refractivity contribution in [2.45, 2.75) is 19.8 Å². The Morgan fingerprint density at radius 1 is 1.50 bits per heavy atom. The Morgan fingerprint density at radius 3 is 2.81 bits per heavy atom. The maximum Gasteiger partial charge on any atom is 0.224 e. The molecule has 1 amide bonds. The van der Waals surface area contributed by atoms with Crippen molar-refractivity contribution in [3.8, 4) is 5.75 Å². The van der Waals surface area contributed by atoms with Crippen LogP contribution in [0.25, 0.3) is 0 Å². The number of carbonyl (C=O) groups is 1. The molecule has 0 aliphatic heterocycles. The average Bonchev–Trinajstić information content (AvgIpc) is 2.26. The molecular weight excluding hydrogens is 226 g/mol. The quantitative estimate of drug-likeness (QED) is 0.860. The molecule has 1 aromatic rings. The first-order valence-corrected chi connectivity index (χ1v) is 5.64. The van der Waals surface area contributed by atoms with Gasteiger partial charge in [0.1, 0.15) is 5.75 Å². The number of methoxy groups -OCH3 is 1. The van der Waals surface area contributed by atoms with Gasteiger partial charge in [0.25, 0.3) is 0 Å². The normalized spacial score (nSPS) is 9.94. The van der Waals surface area contributed by atoms with E-state index in [4.69, 9.17) is 16.3 Å². The third-order valence-electron chi connectivity index (χ3n) is 2.15. The first kappa shape index (κ1) is 12.8. The summed E-state index contributed by atoms with van der Waals surface area (Å²) in [6, 6.07) is 5.37. The molecule has 1 N–H and O–H groups in total. The molecule has 0 atom stereocenters. The zero-order valence-electron chi connectivity index (χ0n) is 9.55. The van der Waals surface area contributed by atoms with Crippen LogP contribution in [-0.2, 0) is 11.2 Å². The van der Waals surface area contributed by atoms with Crippen LogP contribution in [0.3, 0.4) is 0 Å². The molecule has 88 valence electrons. The molecule has 3 nitrogen and oxygen atoms in total. The van der Waals surface area contributed by atoms with Crippen LogP contribution >= 0.6 is 11.6 Å². The van der Waals surface area contributed by atoms with Crippen molar-refractivity contribution in [2.75, 3.05) is 13.7 Å². The average molecular weight is 242 g/mol. The summed E-state index contributed by atoms with van der Waals surface area (Å²) in [5.74, 6) is 0.641. The van der Waals surface area contributed by atoms with E-state index in [1.165, 1.54) is 0 Å². The van der Waals surface area contributed by atoms with E-state index in [1.807, 2.05) is 13.0 Å². The zero-order chi connectivity index (χ0) is 12.0. The van der Waals surface area contributed by atoms with E-state index in [2.05, 4.69) is 5.32 Å². The molecule has 0 saturated carbocycles. The van der Waals surface area contributed by atoms with Crippen LogP contribution in [0.5, 0.6) is 5.75 Å². The van der Waals surface area contributed by atoms with Crippen LogP contribution in [-0.4, -0.2) is 19.6 Å². The highest BCUT2D eigenvalue weighted by molar-refractivity contribution is 6.32. The van der Waals surface area contributed by atoms with Gasteiger partial charge in [0.2, 0.25) is 5.91 Å². The molecule has 0 heterocycles. The molecule has 0 fully saturated rings. The Balaban J connectivity index is 2.61. The first-order chi connectivity index (χ1) is 7.67. The topological polar surface area (TPSA) is 38.3 Å². The molecule has 0 aliphatic rings. The van der Waals surface area contributed by atoms with Crippen molar-refractivity contribution in [3.05, 3.63) is 28.8 Å². The van der Waals surface area contributed by atoms with Gasteiger partial charge in [-0.1, -0.05) is 24.6 Å². The summed E-state index contributed by atoms with van der Waals surface area (Å²) in [5.41, 5.74) is 0.888. The summed E-state index contributed by atoms with van der Waals surface area (Å²) in [6.07, 6.45) is 1.29. The minimum atomic E-state index is 0.0167. The third-order valence-corrected chi connectivity index (χ3v) is 2.45.